The second kappa shape index (κ2) is 14.0. The minimum atomic E-state index is 0.849. The standard InChI is InChI=1S/C16H34O/c1-4-6-7-8-9-10-11-12-13-16(3)14-15-17-5-2/h16H,4-15H2,1-3H3. The molecule has 0 aromatic rings. The van der Waals surface area contributed by atoms with Crippen molar-refractivity contribution in [1.29, 1.82) is 0 Å². The number of hydrogen-bond acceptors (Lipinski definition) is 1. The average Bonchev–Trinajstić information content (AvgIpc) is 2.33. The Balaban J connectivity index is 3.05. The van der Waals surface area contributed by atoms with Crippen LogP contribution in [0.25, 0.3) is 0 Å². The van der Waals surface area contributed by atoms with Crippen LogP contribution in [0.4, 0.5) is 0 Å². The molecule has 0 saturated heterocycles. The monoisotopic (exact) mass is 242 g/mol. The molecule has 0 amide bonds. The van der Waals surface area contributed by atoms with Crippen molar-refractivity contribution in [2.45, 2.75) is 85.0 Å². The second-order valence-corrected chi connectivity index (χ2v) is 5.35. The van der Waals surface area contributed by atoms with Crippen LogP contribution in [-0.2, 0) is 4.74 Å². The Kier molecular flexibility index (Phi) is 14.0. The predicted octanol–water partition coefficient (Wildman–Crippen LogP) is 5.58. The molecule has 0 aliphatic rings. The van der Waals surface area contributed by atoms with Crippen LogP contribution in [-0.4, -0.2) is 13.2 Å². The van der Waals surface area contributed by atoms with Crippen LogP contribution in [0.2, 0.25) is 0 Å². The van der Waals surface area contributed by atoms with E-state index in [1.54, 1.807) is 0 Å². The van der Waals surface area contributed by atoms with Crippen molar-refractivity contribution < 1.29 is 4.74 Å². The van der Waals surface area contributed by atoms with E-state index >= 15 is 0 Å². The van der Waals surface area contributed by atoms with Crippen molar-refractivity contribution in [2.75, 3.05) is 13.2 Å². The molecule has 0 heterocycles. The van der Waals surface area contributed by atoms with E-state index in [1.165, 1.54) is 64.2 Å². The minimum Gasteiger partial charge on any atom is -0.382 e. The van der Waals surface area contributed by atoms with Crippen LogP contribution in [0, 0.1) is 5.92 Å². The lowest BCUT2D eigenvalue weighted by atomic mass is 9.99. The summed E-state index contributed by atoms with van der Waals surface area (Å²) < 4.78 is 5.39. The van der Waals surface area contributed by atoms with Gasteiger partial charge in [0.05, 0.1) is 0 Å². The topological polar surface area (TPSA) is 9.23 Å². The fraction of sp³-hybridized carbons (Fsp3) is 1.00. The first-order valence-corrected chi connectivity index (χ1v) is 7.89. The van der Waals surface area contributed by atoms with Gasteiger partial charge in [-0.1, -0.05) is 71.6 Å². The number of ether oxygens (including phenoxy) is 1. The maximum Gasteiger partial charge on any atom is 0.0468 e. The van der Waals surface area contributed by atoms with Crippen molar-refractivity contribution in [3.63, 3.8) is 0 Å². The Morgan fingerprint density at radius 1 is 0.765 bits per heavy atom. The van der Waals surface area contributed by atoms with E-state index in [2.05, 4.69) is 20.8 Å². The molecular weight excluding hydrogens is 208 g/mol. The molecule has 0 spiro atoms. The van der Waals surface area contributed by atoms with Gasteiger partial charge in [-0.25, -0.2) is 0 Å². The molecule has 0 N–H and O–H groups in total. The minimum absolute atomic E-state index is 0.849. The molecule has 1 atom stereocenters. The summed E-state index contributed by atoms with van der Waals surface area (Å²) in [5.74, 6) is 0.849. The SMILES string of the molecule is CCCCCCCCCCC(C)CCOCC. The molecule has 1 nitrogen and oxygen atoms in total. The van der Waals surface area contributed by atoms with Crippen LogP contribution in [0.1, 0.15) is 85.0 Å². The number of unbranched alkanes of at least 4 members (excludes halogenated alkanes) is 7. The zero-order valence-electron chi connectivity index (χ0n) is 12.5. The van der Waals surface area contributed by atoms with Crippen molar-refractivity contribution >= 4 is 0 Å². The summed E-state index contributed by atoms with van der Waals surface area (Å²) in [6.45, 7) is 8.53. The highest BCUT2D eigenvalue weighted by Crippen LogP contribution is 2.15. The van der Waals surface area contributed by atoms with Crippen molar-refractivity contribution in [3.8, 4) is 0 Å². The second-order valence-electron chi connectivity index (χ2n) is 5.35. The van der Waals surface area contributed by atoms with Gasteiger partial charge in [0.2, 0.25) is 0 Å². The fourth-order valence-electron chi connectivity index (χ4n) is 2.20. The summed E-state index contributed by atoms with van der Waals surface area (Å²) in [6, 6.07) is 0. The highest BCUT2D eigenvalue weighted by atomic mass is 16.5. The van der Waals surface area contributed by atoms with Crippen LogP contribution in [0.5, 0.6) is 0 Å². The summed E-state index contributed by atoms with van der Waals surface area (Å²) in [5, 5.41) is 0. The summed E-state index contributed by atoms with van der Waals surface area (Å²) >= 11 is 0. The molecule has 0 aromatic heterocycles. The Morgan fingerprint density at radius 2 is 1.35 bits per heavy atom. The average molecular weight is 242 g/mol. The van der Waals surface area contributed by atoms with E-state index in [0.29, 0.717) is 0 Å². The molecule has 1 unspecified atom stereocenters. The van der Waals surface area contributed by atoms with Gasteiger partial charge in [-0.15, -0.1) is 0 Å². The lowest BCUT2D eigenvalue weighted by Gasteiger charge is -2.10. The van der Waals surface area contributed by atoms with Gasteiger partial charge in [-0.05, 0) is 19.3 Å². The molecule has 0 radical (unpaired) electrons. The molecule has 0 rings (SSSR count). The summed E-state index contributed by atoms with van der Waals surface area (Å²) in [6.07, 6.45) is 14.1. The number of hydrogen-bond donors (Lipinski definition) is 0. The lowest BCUT2D eigenvalue weighted by molar-refractivity contribution is 0.132. The molecule has 0 fully saturated rings. The van der Waals surface area contributed by atoms with Gasteiger partial charge in [0.1, 0.15) is 0 Å². The smallest absolute Gasteiger partial charge is 0.0468 e. The molecule has 104 valence electrons. The van der Waals surface area contributed by atoms with E-state index in [4.69, 9.17) is 4.74 Å². The van der Waals surface area contributed by atoms with Gasteiger partial charge in [0.25, 0.3) is 0 Å². The van der Waals surface area contributed by atoms with Gasteiger partial charge in [0.15, 0.2) is 0 Å². The normalized spacial score (nSPS) is 12.9. The van der Waals surface area contributed by atoms with Crippen molar-refractivity contribution in [1.82, 2.24) is 0 Å². The third-order valence-corrected chi connectivity index (χ3v) is 3.51. The van der Waals surface area contributed by atoms with Crippen LogP contribution in [0.15, 0.2) is 0 Å². The third kappa shape index (κ3) is 13.9. The third-order valence-electron chi connectivity index (χ3n) is 3.51. The molecule has 0 aromatic carbocycles. The molecule has 0 saturated carbocycles. The Labute approximate surface area is 109 Å². The Morgan fingerprint density at radius 3 is 1.94 bits per heavy atom. The van der Waals surface area contributed by atoms with E-state index in [1.807, 2.05) is 0 Å². The maximum absolute atomic E-state index is 5.39. The summed E-state index contributed by atoms with van der Waals surface area (Å²) in [4.78, 5) is 0. The van der Waals surface area contributed by atoms with E-state index in [0.717, 1.165) is 19.1 Å². The van der Waals surface area contributed by atoms with E-state index in [9.17, 15) is 0 Å². The summed E-state index contributed by atoms with van der Waals surface area (Å²) in [5.41, 5.74) is 0. The van der Waals surface area contributed by atoms with Crippen molar-refractivity contribution in [2.24, 2.45) is 5.92 Å². The van der Waals surface area contributed by atoms with Crippen LogP contribution >= 0.6 is 0 Å². The Hall–Kier alpha value is -0.0400. The van der Waals surface area contributed by atoms with E-state index < -0.39 is 0 Å². The maximum atomic E-state index is 5.39. The Bertz CT molecular complexity index is 133. The van der Waals surface area contributed by atoms with Gasteiger partial charge in [-0.3, -0.25) is 0 Å². The molecule has 0 aliphatic heterocycles. The molecule has 17 heavy (non-hydrogen) atoms. The van der Waals surface area contributed by atoms with Gasteiger partial charge >= 0.3 is 0 Å². The predicted molar refractivity (Wildman–Crippen MR) is 77.5 cm³/mol. The molecule has 0 aliphatic carbocycles. The van der Waals surface area contributed by atoms with Gasteiger partial charge in [-0.2, -0.15) is 0 Å². The van der Waals surface area contributed by atoms with Gasteiger partial charge in [0, 0.05) is 13.2 Å². The van der Waals surface area contributed by atoms with E-state index in [-0.39, 0.29) is 0 Å². The molecular formula is C16H34O. The first-order chi connectivity index (χ1) is 8.31. The number of rotatable bonds is 13. The highest BCUT2D eigenvalue weighted by Gasteiger charge is 2.01. The fourth-order valence-corrected chi connectivity index (χ4v) is 2.20. The van der Waals surface area contributed by atoms with Crippen LogP contribution in [0.3, 0.4) is 0 Å². The zero-order valence-corrected chi connectivity index (χ0v) is 12.5. The zero-order chi connectivity index (χ0) is 12.8. The highest BCUT2D eigenvalue weighted by molar-refractivity contribution is 4.54. The molecule has 0 bridgehead atoms. The quantitative estimate of drug-likeness (QED) is 0.383. The molecule has 1 heteroatoms. The first kappa shape index (κ1) is 17.0. The largest absolute Gasteiger partial charge is 0.382 e. The van der Waals surface area contributed by atoms with Gasteiger partial charge < -0.3 is 4.74 Å². The lowest BCUT2D eigenvalue weighted by Crippen LogP contribution is -2.01. The summed E-state index contributed by atoms with van der Waals surface area (Å²) in [7, 11) is 0. The van der Waals surface area contributed by atoms with Crippen LogP contribution < -0.4 is 0 Å². The first-order valence-electron chi connectivity index (χ1n) is 7.89. The van der Waals surface area contributed by atoms with Crippen molar-refractivity contribution in [3.05, 3.63) is 0 Å².